The molecule has 0 aliphatic heterocycles. The molecule has 3 rings (SSSR count). The molecule has 2 aliphatic carbocycles. The van der Waals surface area contributed by atoms with E-state index in [0.717, 1.165) is 0 Å². The topological polar surface area (TPSA) is 0 Å². The molecule has 0 spiro atoms. The van der Waals surface area contributed by atoms with Gasteiger partial charge in [-0.3, -0.25) is 0 Å². The third-order valence-corrected chi connectivity index (χ3v) is 14.8. The zero-order valence-corrected chi connectivity index (χ0v) is 17.1. The monoisotopic (exact) mass is 484 g/mol. The Bertz CT molecular complexity index is 602. The molecule has 0 saturated heterocycles. The molecule has 3 heteroatoms. The largest absolute Gasteiger partial charge is 1.00 e. The maximum atomic E-state index is 2.38. The zero-order chi connectivity index (χ0) is 13.1. The van der Waals surface area contributed by atoms with Crippen molar-refractivity contribution in [2.75, 3.05) is 0 Å². The van der Waals surface area contributed by atoms with E-state index in [4.69, 9.17) is 0 Å². The van der Waals surface area contributed by atoms with Gasteiger partial charge < -0.3 is 24.8 Å². The Morgan fingerprint density at radius 3 is 1.81 bits per heavy atom. The Morgan fingerprint density at radius 1 is 0.857 bits per heavy atom. The number of hydrogen-bond acceptors (Lipinski definition) is 0. The minimum absolute atomic E-state index is 0. The van der Waals surface area contributed by atoms with Crippen LogP contribution >= 0.6 is 0 Å². The van der Waals surface area contributed by atoms with Gasteiger partial charge in [-0.15, -0.1) is 0 Å². The molecule has 0 heterocycles. The molecule has 0 amide bonds. The van der Waals surface area contributed by atoms with Crippen LogP contribution in [0.25, 0.3) is 0 Å². The summed E-state index contributed by atoms with van der Waals surface area (Å²) in [5, 5.41) is 0. The molecule has 0 aromatic heterocycles. The van der Waals surface area contributed by atoms with E-state index in [2.05, 4.69) is 73.7 Å². The van der Waals surface area contributed by atoms with Gasteiger partial charge in [0, 0.05) is 0 Å². The van der Waals surface area contributed by atoms with Crippen LogP contribution in [-0.2, 0) is 21.0 Å². The van der Waals surface area contributed by atoms with Crippen LogP contribution < -0.4 is 24.8 Å². The minimum atomic E-state index is -2.00. The first kappa shape index (κ1) is 18.5. The maximum absolute atomic E-state index is 2.38. The van der Waals surface area contributed by atoms with Crippen molar-refractivity contribution in [1.82, 2.24) is 0 Å². The predicted molar refractivity (Wildman–Crippen MR) is 79.9 cm³/mol. The van der Waals surface area contributed by atoms with Crippen molar-refractivity contribution in [3.8, 4) is 0 Å². The third kappa shape index (κ3) is 4.25. The van der Waals surface area contributed by atoms with Gasteiger partial charge in [0.1, 0.15) is 0 Å². The summed E-state index contributed by atoms with van der Waals surface area (Å²) in [6, 6.07) is 11.0. The smallest absolute Gasteiger partial charge is 1.00 e. The van der Waals surface area contributed by atoms with Gasteiger partial charge in [-0.2, -0.15) is 0 Å². The number of allylic oxidation sites excluding steroid dienone is 8. The van der Waals surface area contributed by atoms with Crippen molar-refractivity contribution in [1.29, 1.82) is 0 Å². The summed E-state index contributed by atoms with van der Waals surface area (Å²) in [6.07, 6.45) is 16.2. The maximum Gasteiger partial charge on any atom is -1.00 e. The van der Waals surface area contributed by atoms with Gasteiger partial charge in [0.15, 0.2) is 0 Å². The predicted octanol–water partition coefficient (Wildman–Crippen LogP) is -1.46. The second kappa shape index (κ2) is 8.83. The molecule has 1 aromatic rings. The molecule has 21 heavy (non-hydrogen) atoms. The summed E-state index contributed by atoms with van der Waals surface area (Å²) in [7, 11) is 0. The van der Waals surface area contributed by atoms with Crippen LogP contribution in [0.15, 0.2) is 73.4 Å². The molecule has 0 atom stereocenters. The SMILES string of the molecule is C[C](c1ccccc1)=[Hf+2]([C]1=CC=CC1)[C]1=CC=CC1.[Cl-].[Cl-]. The van der Waals surface area contributed by atoms with Crippen molar-refractivity contribution < 1.29 is 45.8 Å². The standard InChI is InChI=1S/C8H8.2C5H5.2ClH.Hf/c1-2-8-6-4-3-5-7-8;2*1-2-4-5-3-1;;;/h3-7H,1H3;2*1-3H,4H2;2*1H;/q;;;;;+2/p-2. The van der Waals surface area contributed by atoms with Crippen molar-refractivity contribution in [3.63, 3.8) is 0 Å². The molecule has 0 radical (unpaired) electrons. The number of halogens is 2. The van der Waals surface area contributed by atoms with Gasteiger partial charge >= 0.3 is 123 Å². The van der Waals surface area contributed by atoms with Crippen molar-refractivity contribution in [3.05, 3.63) is 79.0 Å². The first-order valence-electron chi connectivity index (χ1n) is 6.84. The van der Waals surface area contributed by atoms with E-state index in [9.17, 15) is 0 Å². The summed E-state index contributed by atoms with van der Waals surface area (Å²) in [6.45, 7) is 2.37. The fourth-order valence-corrected chi connectivity index (χ4v) is 13.6. The molecular formula is C18H18Cl2Hf. The number of rotatable bonds is 3. The van der Waals surface area contributed by atoms with E-state index >= 15 is 0 Å². The Hall–Kier alpha value is -0.500. The van der Waals surface area contributed by atoms with Crippen LogP contribution in [0.5, 0.6) is 0 Å². The second-order valence-electron chi connectivity index (χ2n) is 5.01. The van der Waals surface area contributed by atoms with Gasteiger partial charge in [-0.1, -0.05) is 0 Å². The molecule has 0 N–H and O–H groups in total. The summed E-state index contributed by atoms with van der Waals surface area (Å²) in [5.41, 5.74) is 1.45. The minimum Gasteiger partial charge on any atom is -1.00 e. The van der Waals surface area contributed by atoms with Crippen LogP contribution in [0, 0.1) is 0 Å². The van der Waals surface area contributed by atoms with Crippen molar-refractivity contribution >= 4 is 3.26 Å². The van der Waals surface area contributed by atoms with E-state index in [0.29, 0.717) is 0 Å². The van der Waals surface area contributed by atoms with E-state index in [-0.39, 0.29) is 24.8 Å². The Kier molecular flexibility index (Phi) is 7.80. The van der Waals surface area contributed by atoms with Gasteiger partial charge in [-0.05, 0) is 0 Å². The second-order valence-corrected chi connectivity index (χ2v) is 15.0. The molecule has 0 fully saturated rings. The van der Waals surface area contributed by atoms with Gasteiger partial charge in [0.25, 0.3) is 0 Å². The van der Waals surface area contributed by atoms with E-state index < -0.39 is 21.0 Å². The number of hydrogen-bond donors (Lipinski definition) is 0. The molecule has 0 unspecified atom stereocenters. The van der Waals surface area contributed by atoms with Gasteiger partial charge in [-0.25, -0.2) is 0 Å². The Balaban J connectivity index is 0.00000110. The fraction of sp³-hybridized carbons (Fsp3) is 0.167. The third-order valence-electron chi connectivity index (χ3n) is 3.77. The summed E-state index contributed by atoms with van der Waals surface area (Å²) >= 11 is -2.00. The molecule has 0 bridgehead atoms. The molecular weight excluding hydrogens is 466 g/mol. The Morgan fingerprint density at radius 2 is 1.38 bits per heavy atom. The van der Waals surface area contributed by atoms with Crippen molar-refractivity contribution in [2.45, 2.75) is 19.8 Å². The summed E-state index contributed by atoms with van der Waals surface area (Å²) in [4.78, 5) is 0. The average molecular weight is 484 g/mol. The van der Waals surface area contributed by atoms with Crippen LogP contribution in [0.4, 0.5) is 0 Å². The molecule has 108 valence electrons. The van der Waals surface area contributed by atoms with E-state index in [1.165, 1.54) is 18.4 Å². The van der Waals surface area contributed by atoms with Gasteiger partial charge in [0.2, 0.25) is 0 Å². The van der Waals surface area contributed by atoms with Crippen molar-refractivity contribution in [2.24, 2.45) is 0 Å². The van der Waals surface area contributed by atoms with Crippen LogP contribution in [0.2, 0.25) is 0 Å². The molecule has 0 saturated carbocycles. The van der Waals surface area contributed by atoms with Crippen LogP contribution in [0.3, 0.4) is 0 Å². The zero-order valence-electron chi connectivity index (χ0n) is 12.0. The van der Waals surface area contributed by atoms with Crippen LogP contribution in [0.1, 0.15) is 25.3 Å². The molecule has 2 aliphatic rings. The van der Waals surface area contributed by atoms with E-state index in [1.54, 1.807) is 9.91 Å². The quantitative estimate of drug-likeness (QED) is 0.461. The fourth-order valence-electron chi connectivity index (χ4n) is 2.79. The molecule has 0 nitrogen and oxygen atoms in total. The van der Waals surface area contributed by atoms with E-state index in [1.807, 2.05) is 0 Å². The first-order chi connectivity index (χ1) is 9.36. The average Bonchev–Trinajstić information content (AvgIpc) is 3.13. The molecule has 1 aromatic carbocycles. The Labute approximate surface area is 147 Å². The van der Waals surface area contributed by atoms with Crippen LogP contribution in [-0.4, -0.2) is 3.26 Å². The number of benzene rings is 1. The normalized spacial score (nSPS) is 14.5. The first-order valence-corrected chi connectivity index (χ1v) is 12.2. The summed E-state index contributed by atoms with van der Waals surface area (Å²) in [5.74, 6) is 0. The summed E-state index contributed by atoms with van der Waals surface area (Å²) < 4.78 is 5.15. The van der Waals surface area contributed by atoms with Gasteiger partial charge in [0.05, 0.1) is 0 Å².